The average Bonchev–Trinajstić information content (AvgIpc) is 3.16. The highest BCUT2D eigenvalue weighted by Crippen LogP contribution is 2.44. The van der Waals surface area contributed by atoms with Crippen LogP contribution in [0.1, 0.15) is 42.1 Å². The predicted octanol–water partition coefficient (Wildman–Crippen LogP) is 6.44. The van der Waals surface area contributed by atoms with Crippen molar-refractivity contribution in [3.05, 3.63) is 93.5 Å². The van der Waals surface area contributed by atoms with Gasteiger partial charge in [-0.2, -0.15) is 0 Å². The molecule has 3 aromatic rings. The van der Waals surface area contributed by atoms with Gasteiger partial charge in [-0.05, 0) is 86.8 Å². The summed E-state index contributed by atoms with van der Waals surface area (Å²) >= 11 is 6.22. The highest BCUT2D eigenvalue weighted by Gasteiger charge is 2.47. The molecule has 1 fully saturated rings. The van der Waals surface area contributed by atoms with Gasteiger partial charge in [0.1, 0.15) is 11.5 Å². The summed E-state index contributed by atoms with van der Waals surface area (Å²) in [5.41, 5.74) is 4.62. The number of benzene rings is 3. The van der Waals surface area contributed by atoms with Crippen molar-refractivity contribution in [3.63, 3.8) is 0 Å². The number of anilines is 2. The molecule has 1 saturated heterocycles. The highest BCUT2D eigenvalue weighted by atomic mass is 35.5. The van der Waals surface area contributed by atoms with E-state index in [2.05, 4.69) is 18.7 Å². The van der Waals surface area contributed by atoms with Gasteiger partial charge in [0.25, 0.3) is 11.7 Å². The van der Waals surface area contributed by atoms with Crippen molar-refractivity contribution >= 4 is 40.4 Å². The van der Waals surface area contributed by atoms with Crippen molar-refractivity contribution in [2.24, 2.45) is 0 Å². The lowest BCUT2D eigenvalue weighted by Crippen LogP contribution is -2.29. The van der Waals surface area contributed by atoms with Gasteiger partial charge >= 0.3 is 0 Å². The fourth-order valence-corrected chi connectivity index (χ4v) is 4.93. The van der Waals surface area contributed by atoms with Crippen molar-refractivity contribution in [3.8, 4) is 5.75 Å². The van der Waals surface area contributed by atoms with E-state index in [-0.39, 0.29) is 16.9 Å². The minimum atomic E-state index is -0.837. The first-order chi connectivity index (χ1) is 17.7. The summed E-state index contributed by atoms with van der Waals surface area (Å²) in [6.07, 6.45) is 0. The fourth-order valence-electron chi connectivity index (χ4n) is 4.76. The van der Waals surface area contributed by atoms with E-state index in [0.717, 1.165) is 29.9 Å². The van der Waals surface area contributed by atoms with Crippen molar-refractivity contribution in [2.45, 2.75) is 33.7 Å². The molecular weight excluding hydrogens is 488 g/mol. The number of ether oxygens (including phenoxy) is 1. The second-order valence-corrected chi connectivity index (χ2v) is 9.48. The van der Waals surface area contributed by atoms with Gasteiger partial charge in [-0.1, -0.05) is 29.8 Å². The minimum absolute atomic E-state index is 0.0145. The lowest BCUT2D eigenvalue weighted by atomic mass is 9.94. The van der Waals surface area contributed by atoms with E-state index < -0.39 is 17.7 Å². The van der Waals surface area contributed by atoms with Crippen LogP contribution in [0.3, 0.4) is 0 Å². The second kappa shape index (κ2) is 10.7. The number of amides is 1. The van der Waals surface area contributed by atoms with Crippen molar-refractivity contribution < 1.29 is 19.4 Å². The maximum Gasteiger partial charge on any atom is 0.300 e. The summed E-state index contributed by atoms with van der Waals surface area (Å²) in [4.78, 5) is 30.7. The lowest BCUT2D eigenvalue weighted by Gasteiger charge is -2.27. The van der Waals surface area contributed by atoms with Crippen LogP contribution in [0.5, 0.6) is 5.75 Å². The topological polar surface area (TPSA) is 70.1 Å². The van der Waals surface area contributed by atoms with E-state index in [4.69, 9.17) is 16.3 Å². The standard InChI is InChI=1S/C30H31ClN2O4/c1-6-32(7-2)22-13-9-20(10-14-22)27-26(28(34)24-17-21(31)11-15-25(24)37-5)29(35)30(36)33(27)23-12-8-18(3)19(4)16-23/h8-17,27,34H,6-7H2,1-5H3/b28-26+. The number of carbonyl (C=O) groups excluding carboxylic acids is 2. The molecule has 1 amide bonds. The van der Waals surface area contributed by atoms with Gasteiger partial charge in [-0.3, -0.25) is 14.5 Å². The normalized spacial score (nSPS) is 16.8. The number of methoxy groups -OCH3 is 1. The van der Waals surface area contributed by atoms with Crippen molar-refractivity contribution in [1.29, 1.82) is 0 Å². The molecule has 1 atom stereocenters. The van der Waals surface area contributed by atoms with Crippen LogP contribution in [0, 0.1) is 13.8 Å². The van der Waals surface area contributed by atoms with Gasteiger partial charge < -0.3 is 14.7 Å². The molecule has 0 aliphatic carbocycles. The second-order valence-electron chi connectivity index (χ2n) is 9.05. The Bertz CT molecular complexity index is 1380. The number of carbonyl (C=O) groups is 2. The Kier molecular flexibility index (Phi) is 7.60. The number of ketones is 1. The van der Waals surface area contributed by atoms with Crippen LogP contribution in [-0.4, -0.2) is 37.0 Å². The van der Waals surface area contributed by atoms with Crippen LogP contribution < -0.4 is 14.5 Å². The van der Waals surface area contributed by atoms with Gasteiger partial charge in [0.2, 0.25) is 0 Å². The number of aryl methyl sites for hydroxylation is 2. The zero-order valence-corrected chi connectivity index (χ0v) is 22.5. The third-order valence-corrected chi connectivity index (χ3v) is 7.20. The number of aliphatic hydroxyl groups excluding tert-OH is 1. The van der Waals surface area contributed by atoms with E-state index in [9.17, 15) is 14.7 Å². The third kappa shape index (κ3) is 4.81. The quantitative estimate of drug-likeness (QED) is 0.221. The summed E-state index contributed by atoms with van der Waals surface area (Å²) < 4.78 is 5.42. The summed E-state index contributed by atoms with van der Waals surface area (Å²) in [6, 6.07) is 17.3. The van der Waals surface area contributed by atoms with Crippen LogP contribution in [-0.2, 0) is 9.59 Å². The molecule has 192 valence electrons. The summed E-state index contributed by atoms with van der Waals surface area (Å²) in [7, 11) is 1.47. The molecule has 1 aliphatic heterocycles. The number of hydrogen-bond acceptors (Lipinski definition) is 5. The van der Waals surface area contributed by atoms with E-state index in [1.807, 2.05) is 56.3 Å². The molecule has 1 N–H and O–H groups in total. The first kappa shape index (κ1) is 26.3. The van der Waals surface area contributed by atoms with Gasteiger partial charge in [-0.25, -0.2) is 0 Å². The Labute approximate surface area is 222 Å². The monoisotopic (exact) mass is 518 g/mol. The average molecular weight is 519 g/mol. The smallest absolute Gasteiger partial charge is 0.300 e. The Morgan fingerprint density at radius 2 is 1.65 bits per heavy atom. The van der Waals surface area contributed by atoms with Gasteiger partial charge in [-0.15, -0.1) is 0 Å². The lowest BCUT2D eigenvalue weighted by molar-refractivity contribution is -0.132. The van der Waals surface area contributed by atoms with Crippen LogP contribution in [0.4, 0.5) is 11.4 Å². The SMILES string of the molecule is CCN(CC)c1ccc(C2/C(=C(\O)c3cc(Cl)ccc3OC)C(=O)C(=O)N2c2ccc(C)c(C)c2)cc1. The van der Waals surface area contributed by atoms with Crippen molar-refractivity contribution in [2.75, 3.05) is 30.0 Å². The highest BCUT2D eigenvalue weighted by molar-refractivity contribution is 6.51. The molecule has 1 unspecified atom stereocenters. The maximum absolute atomic E-state index is 13.5. The Hall–Kier alpha value is -3.77. The molecule has 37 heavy (non-hydrogen) atoms. The van der Waals surface area contributed by atoms with Gasteiger partial charge in [0.05, 0.1) is 24.3 Å². The maximum atomic E-state index is 13.5. The van der Waals surface area contributed by atoms with Gasteiger partial charge in [0, 0.05) is 29.5 Å². The summed E-state index contributed by atoms with van der Waals surface area (Å²) in [6.45, 7) is 9.83. The number of halogens is 1. The van der Waals surface area contributed by atoms with E-state index >= 15 is 0 Å². The molecule has 0 spiro atoms. The third-order valence-electron chi connectivity index (χ3n) is 6.97. The van der Waals surface area contributed by atoms with E-state index in [1.54, 1.807) is 12.1 Å². The van der Waals surface area contributed by atoms with Crippen molar-refractivity contribution in [1.82, 2.24) is 0 Å². The van der Waals surface area contributed by atoms with Crippen LogP contribution in [0.2, 0.25) is 5.02 Å². The fraction of sp³-hybridized carbons (Fsp3) is 0.267. The van der Waals surface area contributed by atoms with E-state index in [1.165, 1.54) is 18.1 Å². The minimum Gasteiger partial charge on any atom is -0.507 e. The first-order valence-electron chi connectivity index (χ1n) is 12.3. The number of nitrogens with zero attached hydrogens (tertiary/aromatic N) is 2. The molecule has 0 bridgehead atoms. The predicted molar refractivity (Wildman–Crippen MR) is 149 cm³/mol. The number of Topliss-reactive ketones (excluding diaryl/α,β-unsaturated/α-hetero) is 1. The molecule has 1 heterocycles. The van der Waals surface area contributed by atoms with Crippen LogP contribution >= 0.6 is 11.6 Å². The zero-order valence-electron chi connectivity index (χ0n) is 21.7. The number of aliphatic hydroxyl groups is 1. The largest absolute Gasteiger partial charge is 0.507 e. The van der Waals surface area contributed by atoms with Crippen LogP contribution in [0.15, 0.2) is 66.2 Å². The molecular formula is C30H31ClN2O4. The molecule has 0 aromatic heterocycles. The summed E-state index contributed by atoms with van der Waals surface area (Å²) in [5.74, 6) is -1.46. The zero-order chi connectivity index (χ0) is 26.9. The van der Waals surface area contributed by atoms with Crippen LogP contribution in [0.25, 0.3) is 5.76 Å². The molecule has 6 nitrogen and oxygen atoms in total. The Morgan fingerprint density at radius 3 is 2.24 bits per heavy atom. The number of rotatable bonds is 7. The van der Waals surface area contributed by atoms with Gasteiger partial charge in [0.15, 0.2) is 0 Å². The molecule has 0 radical (unpaired) electrons. The molecule has 7 heteroatoms. The number of hydrogen-bond donors (Lipinski definition) is 1. The molecule has 3 aromatic carbocycles. The Morgan fingerprint density at radius 1 is 0.973 bits per heavy atom. The first-order valence-corrected chi connectivity index (χ1v) is 12.7. The Balaban J connectivity index is 1.95. The molecule has 0 saturated carbocycles. The molecule has 1 aliphatic rings. The molecule has 4 rings (SSSR count). The van der Waals surface area contributed by atoms with E-state index in [0.29, 0.717) is 22.0 Å². The summed E-state index contributed by atoms with van der Waals surface area (Å²) in [5, 5.41) is 11.9.